The number of aromatic nitrogens is 2. The van der Waals surface area contributed by atoms with Crippen LogP contribution in [0, 0.1) is 0 Å². The topological polar surface area (TPSA) is 56.3 Å². The predicted molar refractivity (Wildman–Crippen MR) is 94.3 cm³/mol. The summed E-state index contributed by atoms with van der Waals surface area (Å²) in [6.07, 6.45) is 14.3. The summed E-state index contributed by atoms with van der Waals surface area (Å²) in [5, 5.41) is 3.45. The largest absolute Gasteiger partial charge is 0.473 e. The van der Waals surface area contributed by atoms with E-state index in [-0.39, 0.29) is 4.75 Å². The van der Waals surface area contributed by atoms with Crippen LogP contribution in [-0.2, 0) is 4.74 Å². The summed E-state index contributed by atoms with van der Waals surface area (Å²) in [6.45, 7) is 2.58. The smallest absolute Gasteiger partial charge is 0.234 e. The van der Waals surface area contributed by atoms with Gasteiger partial charge in [0, 0.05) is 24.5 Å². The fourth-order valence-corrected chi connectivity index (χ4v) is 4.08. The fourth-order valence-electron chi connectivity index (χ4n) is 3.29. The van der Waals surface area contributed by atoms with E-state index in [1.807, 2.05) is 11.8 Å². The van der Waals surface area contributed by atoms with Gasteiger partial charge in [0.1, 0.15) is 11.9 Å². The lowest BCUT2D eigenvalue weighted by atomic mass is 9.98. The maximum atomic E-state index is 6.00. The Balaban J connectivity index is 1.56. The molecule has 1 saturated heterocycles. The summed E-state index contributed by atoms with van der Waals surface area (Å²) >= 11 is 1.92. The molecule has 1 N–H and O–H groups in total. The molecule has 3 rings (SSSR count). The quantitative estimate of drug-likeness (QED) is 0.857. The molecule has 1 aromatic rings. The van der Waals surface area contributed by atoms with Crippen molar-refractivity contribution in [3.05, 3.63) is 12.4 Å². The number of nitrogens with one attached hydrogen (secondary N) is 1. The summed E-state index contributed by atoms with van der Waals surface area (Å²) in [4.78, 5) is 8.86. The number of rotatable bonds is 6. The Morgan fingerprint density at radius 1 is 1.26 bits per heavy atom. The van der Waals surface area contributed by atoms with E-state index >= 15 is 0 Å². The van der Waals surface area contributed by atoms with Gasteiger partial charge in [0.25, 0.3) is 0 Å². The molecule has 1 aliphatic heterocycles. The van der Waals surface area contributed by atoms with Crippen LogP contribution in [0.1, 0.15) is 44.9 Å². The van der Waals surface area contributed by atoms with Crippen LogP contribution in [0.4, 0.5) is 5.82 Å². The van der Waals surface area contributed by atoms with E-state index in [0.29, 0.717) is 12.0 Å². The molecule has 0 unspecified atom stereocenters. The number of hydrogen-bond acceptors (Lipinski definition) is 6. The second-order valence-electron chi connectivity index (χ2n) is 6.47. The van der Waals surface area contributed by atoms with E-state index < -0.39 is 0 Å². The molecule has 6 heteroatoms. The zero-order valence-electron chi connectivity index (χ0n) is 13.9. The van der Waals surface area contributed by atoms with E-state index in [2.05, 4.69) is 21.5 Å². The van der Waals surface area contributed by atoms with Gasteiger partial charge in [0.15, 0.2) is 0 Å². The van der Waals surface area contributed by atoms with E-state index in [1.54, 1.807) is 12.4 Å². The molecule has 0 spiro atoms. The van der Waals surface area contributed by atoms with Gasteiger partial charge in [-0.15, -0.1) is 0 Å². The van der Waals surface area contributed by atoms with Crippen LogP contribution in [0.5, 0.6) is 5.88 Å². The Kier molecular flexibility index (Phi) is 6.00. The third kappa shape index (κ3) is 4.73. The highest BCUT2D eigenvalue weighted by molar-refractivity contribution is 8.00. The van der Waals surface area contributed by atoms with Crippen molar-refractivity contribution < 1.29 is 9.47 Å². The van der Waals surface area contributed by atoms with Gasteiger partial charge in [-0.25, -0.2) is 0 Å². The lowest BCUT2D eigenvalue weighted by Crippen LogP contribution is -2.39. The van der Waals surface area contributed by atoms with Crippen molar-refractivity contribution in [2.45, 2.75) is 55.8 Å². The molecule has 5 nitrogen and oxygen atoms in total. The molecule has 0 atom stereocenters. The highest BCUT2D eigenvalue weighted by Gasteiger charge is 2.31. The van der Waals surface area contributed by atoms with Crippen molar-refractivity contribution in [3.8, 4) is 5.88 Å². The molecule has 0 amide bonds. The Morgan fingerprint density at radius 3 is 2.78 bits per heavy atom. The Hall–Kier alpha value is -1.01. The summed E-state index contributed by atoms with van der Waals surface area (Å²) in [5.41, 5.74) is 0. The summed E-state index contributed by atoms with van der Waals surface area (Å²) in [6, 6.07) is 0. The minimum Gasteiger partial charge on any atom is -0.473 e. The minimum atomic E-state index is 0.236. The van der Waals surface area contributed by atoms with Crippen molar-refractivity contribution in [1.82, 2.24) is 9.97 Å². The molecular formula is C17H27N3O2S. The van der Waals surface area contributed by atoms with Crippen LogP contribution >= 0.6 is 11.8 Å². The number of thioether (sulfide) groups is 1. The summed E-state index contributed by atoms with van der Waals surface area (Å²) < 4.78 is 11.7. The van der Waals surface area contributed by atoms with E-state index in [9.17, 15) is 0 Å². The number of nitrogens with zero attached hydrogens (tertiary/aromatic N) is 2. The Bertz CT molecular complexity index is 488. The first kappa shape index (κ1) is 16.8. The van der Waals surface area contributed by atoms with E-state index in [4.69, 9.17) is 9.47 Å². The average molecular weight is 337 g/mol. The molecule has 1 aliphatic carbocycles. The Labute approximate surface area is 143 Å². The minimum absolute atomic E-state index is 0.236. The molecule has 0 bridgehead atoms. The molecule has 1 aromatic heterocycles. The molecule has 2 heterocycles. The van der Waals surface area contributed by atoms with Crippen LogP contribution in [-0.4, -0.2) is 46.8 Å². The van der Waals surface area contributed by atoms with Crippen molar-refractivity contribution in [1.29, 1.82) is 0 Å². The number of anilines is 1. The molecule has 2 aliphatic rings. The molecule has 0 aromatic carbocycles. The van der Waals surface area contributed by atoms with Crippen molar-refractivity contribution in [2.75, 3.05) is 31.3 Å². The number of hydrogen-bond donors (Lipinski definition) is 1. The van der Waals surface area contributed by atoms with E-state index in [1.165, 1.54) is 19.3 Å². The first-order valence-corrected chi connectivity index (χ1v) is 9.88. The van der Waals surface area contributed by atoms with Crippen molar-refractivity contribution in [2.24, 2.45) is 0 Å². The summed E-state index contributed by atoms with van der Waals surface area (Å²) in [5.74, 6) is 1.45. The molecule has 23 heavy (non-hydrogen) atoms. The van der Waals surface area contributed by atoms with Crippen LogP contribution in [0.3, 0.4) is 0 Å². The van der Waals surface area contributed by atoms with Gasteiger partial charge >= 0.3 is 0 Å². The van der Waals surface area contributed by atoms with Crippen LogP contribution in [0.25, 0.3) is 0 Å². The molecular weight excluding hydrogens is 310 g/mol. The first-order chi connectivity index (χ1) is 11.3. The zero-order chi connectivity index (χ0) is 16.0. The van der Waals surface area contributed by atoms with Gasteiger partial charge in [0.05, 0.1) is 12.4 Å². The summed E-state index contributed by atoms with van der Waals surface area (Å²) in [7, 11) is 0. The molecule has 0 radical (unpaired) electrons. The Morgan fingerprint density at radius 2 is 2.04 bits per heavy atom. The maximum absolute atomic E-state index is 6.00. The first-order valence-electron chi connectivity index (χ1n) is 8.65. The van der Waals surface area contributed by atoms with Crippen LogP contribution in [0.2, 0.25) is 0 Å². The van der Waals surface area contributed by atoms with Gasteiger partial charge in [-0.2, -0.15) is 16.7 Å². The SMILES string of the molecule is CSC1(CNc2cncc(OC3CCCCC3)n2)CCOCC1. The zero-order valence-corrected chi connectivity index (χ0v) is 14.7. The average Bonchev–Trinajstić information content (AvgIpc) is 2.62. The van der Waals surface area contributed by atoms with E-state index in [0.717, 1.165) is 51.3 Å². The van der Waals surface area contributed by atoms with Gasteiger partial charge in [-0.3, -0.25) is 4.98 Å². The fraction of sp³-hybridized carbons (Fsp3) is 0.765. The van der Waals surface area contributed by atoms with Crippen LogP contribution < -0.4 is 10.1 Å². The van der Waals surface area contributed by atoms with Gasteiger partial charge in [0.2, 0.25) is 5.88 Å². The molecule has 2 fully saturated rings. The van der Waals surface area contributed by atoms with Crippen molar-refractivity contribution >= 4 is 17.6 Å². The lowest BCUT2D eigenvalue weighted by molar-refractivity contribution is 0.0802. The monoisotopic (exact) mass is 337 g/mol. The van der Waals surface area contributed by atoms with Gasteiger partial charge < -0.3 is 14.8 Å². The third-order valence-electron chi connectivity index (χ3n) is 4.88. The van der Waals surface area contributed by atoms with Crippen LogP contribution in [0.15, 0.2) is 12.4 Å². The lowest BCUT2D eigenvalue weighted by Gasteiger charge is -2.35. The predicted octanol–water partition coefficient (Wildman–Crippen LogP) is 3.51. The highest BCUT2D eigenvalue weighted by atomic mass is 32.2. The van der Waals surface area contributed by atoms with Gasteiger partial charge in [-0.05, 0) is 44.8 Å². The molecule has 1 saturated carbocycles. The van der Waals surface area contributed by atoms with Crippen molar-refractivity contribution in [3.63, 3.8) is 0 Å². The number of ether oxygens (including phenoxy) is 2. The third-order valence-corrected chi connectivity index (χ3v) is 6.30. The highest BCUT2D eigenvalue weighted by Crippen LogP contribution is 2.34. The van der Waals surface area contributed by atoms with Gasteiger partial charge in [-0.1, -0.05) is 6.42 Å². The normalized spacial score (nSPS) is 21.8. The maximum Gasteiger partial charge on any atom is 0.234 e. The second-order valence-corrected chi connectivity index (χ2v) is 7.75. The standard InChI is InChI=1S/C17H27N3O2S/c1-23-17(7-9-21-10-8-17)13-19-15-11-18-12-16(20-15)22-14-5-3-2-4-6-14/h11-12,14H,2-10,13H2,1H3,(H,19,20). The molecule has 128 valence electrons. The second kappa shape index (κ2) is 8.20.